The summed E-state index contributed by atoms with van der Waals surface area (Å²) in [5, 5.41) is 6.43. The highest BCUT2D eigenvalue weighted by Gasteiger charge is 2.24. The van der Waals surface area contributed by atoms with Gasteiger partial charge in [-0.3, -0.25) is 14.9 Å². The molecular formula is C25H27N7O2S. The van der Waals surface area contributed by atoms with Crippen LogP contribution < -0.4 is 16.4 Å². The third-order valence-corrected chi connectivity index (χ3v) is 7.25. The monoisotopic (exact) mass is 489 g/mol. The molecule has 0 bridgehead atoms. The van der Waals surface area contributed by atoms with Crippen molar-refractivity contribution in [3.63, 3.8) is 0 Å². The fraction of sp³-hybridized carbons (Fsp3) is 0.280. The Kier molecular flexibility index (Phi) is 6.23. The minimum Gasteiger partial charge on any atom is -0.398 e. The molecule has 0 unspecified atom stereocenters. The number of pyridine rings is 1. The molecule has 1 aromatic carbocycles. The smallest absolute Gasteiger partial charge is 0.271 e. The number of nitrogens with two attached hydrogens (primary N) is 1. The average molecular weight is 490 g/mol. The van der Waals surface area contributed by atoms with Crippen LogP contribution in [0.2, 0.25) is 0 Å². The van der Waals surface area contributed by atoms with E-state index in [0.29, 0.717) is 33.8 Å². The molecule has 0 aliphatic heterocycles. The van der Waals surface area contributed by atoms with E-state index >= 15 is 0 Å². The van der Waals surface area contributed by atoms with Crippen molar-refractivity contribution in [1.29, 1.82) is 0 Å². The number of hydrogen-bond donors (Lipinski definition) is 3. The number of nitrogens with one attached hydrogen (secondary N) is 2. The van der Waals surface area contributed by atoms with Gasteiger partial charge in [0, 0.05) is 41.1 Å². The number of rotatable bonds is 6. The Hall–Kier alpha value is -3.76. The zero-order valence-corrected chi connectivity index (χ0v) is 20.4. The number of anilines is 2. The van der Waals surface area contributed by atoms with Crippen molar-refractivity contribution in [1.82, 2.24) is 24.6 Å². The van der Waals surface area contributed by atoms with Crippen molar-refractivity contribution in [2.75, 3.05) is 25.1 Å². The average Bonchev–Trinajstić information content (AvgIpc) is 3.45. The van der Waals surface area contributed by atoms with E-state index < -0.39 is 0 Å². The summed E-state index contributed by atoms with van der Waals surface area (Å²) in [5.74, 6) is -0.516. The predicted octanol–water partition coefficient (Wildman–Crippen LogP) is 2.97. The molecule has 0 fully saturated rings. The molecule has 1 aliphatic carbocycles. The molecule has 180 valence electrons. The maximum Gasteiger partial charge on any atom is 0.271 e. The third kappa shape index (κ3) is 5.03. The second-order valence-corrected chi connectivity index (χ2v) is 10.0. The summed E-state index contributed by atoms with van der Waals surface area (Å²) in [6.07, 6.45) is 6.32. The van der Waals surface area contributed by atoms with E-state index in [1.54, 1.807) is 58.5 Å². The molecule has 3 heterocycles. The first-order valence-electron chi connectivity index (χ1n) is 11.4. The summed E-state index contributed by atoms with van der Waals surface area (Å²) in [7, 11) is 4.20. The van der Waals surface area contributed by atoms with Gasteiger partial charge in [0.05, 0.1) is 5.69 Å². The molecule has 35 heavy (non-hydrogen) atoms. The highest BCUT2D eigenvalue weighted by Crippen LogP contribution is 2.31. The molecule has 0 saturated heterocycles. The number of benzene rings is 1. The maximum atomic E-state index is 12.9. The zero-order valence-electron chi connectivity index (χ0n) is 19.6. The molecule has 0 radical (unpaired) electrons. The van der Waals surface area contributed by atoms with Crippen LogP contribution in [0.4, 0.5) is 10.8 Å². The second kappa shape index (κ2) is 9.47. The molecule has 4 aromatic rings. The molecule has 10 heteroatoms. The number of amides is 2. The first-order chi connectivity index (χ1) is 16.9. The number of aryl methyl sites for hydroxylation is 1. The van der Waals surface area contributed by atoms with Crippen molar-refractivity contribution >= 4 is 39.6 Å². The van der Waals surface area contributed by atoms with E-state index in [2.05, 4.69) is 39.6 Å². The van der Waals surface area contributed by atoms with Crippen LogP contribution in [0.3, 0.4) is 0 Å². The Morgan fingerprint density at radius 1 is 1.17 bits per heavy atom. The van der Waals surface area contributed by atoms with Crippen molar-refractivity contribution in [2.24, 2.45) is 0 Å². The molecule has 0 spiro atoms. The lowest BCUT2D eigenvalue weighted by atomic mass is 9.97. The number of imidazole rings is 1. The Morgan fingerprint density at radius 3 is 2.86 bits per heavy atom. The number of fused-ring (bicyclic) bond motifs is 2. The standard InChI is InChI=1S/C25H27N7O2S/c1-31(2)18-7-8-19-21(11-18)35-25(29-19)30-23(33)16-5-3-4-15(10-16)12-27-24(34)20-14-32-13-17(26)6-9-22(32)28-20/h3-6,9-10,13-14,18H,7-8,11-12,26H2,1-2H3,(H,27,34)(H,29,30,33)/t18-/m0/s1. The Labute approximate surface area is 207 Å². The Bertz CT molecular complexity index is 1410. The molecule has 4 N–H and O–H groups in total. The van der Waals surface area contributed by atoms with E-state index in [0.717, 1.165) is 30.5 Å². The summed E-state index contributed by atoms with van der Waals surface area (Å²) in [6, 6.07) is 11.2. The number of thiazole rings is 1. The lowest BCUT2D eigenvalue weighted by molar-refractivity contribution is 0.0946. The molecule has 5 rings (SSSR count). The van der Waals surface area contributed by atoms with E-state index in [1.165, 1.54) is 4.88 Å². The van der Waals surface area contributed by atoms with Gasteiger partial charge in [0.25, 0.3) is 11.8 Å². The maximum absolute atomic E-state index is 12.9. The summed E-state index contributed by atoms with van der Waals surface area (Å²) in [5.41, 5.74) is 9.74. The fourth-order valence-corrected chi connectivity index (χ4v) is 5.31. The normalized spacial score (nSPS) is 15.2. The second-order valence-electron chi connectivity index (χ2n) is 8.94. The van der Waals surface area contributed by atoms with Gasteiger partial charge in [0.1, 0.15) is 11.3 Å². The minimum atomic E-state index is -0.300. The number of carbonyl (C=O) groups excluding carboxylic acids is 2. The van der Waals surface area contributed by atoms with Crippen LogP contribution in [0.15, 0.2) is 48.8 Å². The first-order valence-corrected chi connectivity index (χ1v) is 12.2. The lowest BCUT2D eigenvalue weighted by Crippen LogP contribution is -2.32. The number of carbonyl (C=O) groups is 2. The van der Waals surface area contributed by atoms with Gasteiger partial charge in [0.2, 0.25) is 0 Å². The topological polar surface area (TPSA) is 118 Å². The molecule has 9 nitrogen and oxygen atoms in total. The van der Waals surface area contributed by atoms with Crippen molar-refractivity contribution < 1.29 is 9.59 Å². The lowest BCUT2D eigenvalue weighted by Gasteiger charge is -2.27. The number of likely N-dealkylation sites (N-methyl/N-ethyl adjacent to an activating group) is 1. The number of nitrogens with zero attached hydrogens (tertiary/aromatic N) is 4. The summed E-state index contributed by atoms with van der Waals surface area (Å²) < 4.78 is 1.71. The van der Waals surface area contributed by atoms with Crippen LogP contribution in [-0.4, -0.2) is 51.2 Å². The minimum absolute atomic E-state index is 0.216. The van der Waals surface area contributed by atoms with Gasteiger partial charge in [-0.05, 0) is 63.2 Å². The summed E-state index contributed by atoms with van der Waals surface area (Å²) in [4.78, 5) is 37.9. The number of aromatic nitrogens is 3. The summed E-state index contributed by atoms with van der Waals surface area (Å²) in [6.45, 7) is 0.271. The number of hydrogen-bond acceptors (Lipinski definition) is 7. The Morgan fingerprint density at radius 2 is 2.03 bits per heavy atom. The van der Waals surface area contributed by atoms with Gasteiger partial charge in [-0.1, -0.05) is 12.1 Å². The molecule has 3 aromatic heterocycles. The van der Waals surface area contributed by atoms with Gasteiger partial charge < -0.3 is 20.4 Å². The molecule has 1 atom stereocenters. The quantitative estimate of drug-likeness (QED) is 0.383. The van der Waals surface area contributed by atoms with Crippen LogP contribution in [-0.2, 0) is 19.4 Å². The van der Waals surface area contributed by atoms with Crippen LogP contribution >= 0.6 is 11.3 Å². The van der Waals surface area contributed by atoms with E-state index in [9.17, 15) is 9.59 Å². The van der Waals surface area contributed by atoms with E-state index in [-0.39, 0.29) is 18.4 Å². The van der Waals surface area contributed by atoms with Gasteiger partial charge >= 0.3 is 0 Å². The van der Waals surface area contributed by atoms with Gasteiger partial charge in [-0.25, -0.2) is 9.97 Å². The highest BCUT2D eigenvalue weighted by molar-refractivity contribution is 7.15. The van der Waals surface area contributed by atoms with Gasteiger partial charge in [0.15, 0.2) is 5.13 Å². The Balaban J connectivity index is 1.22. The molecule has 1 aliphatic rings. The molecular weight excluding hydrogens is 462 g/mol. The first kappa shape index (κ1) is 23.0. The predicted molar refractivity (Wildman–Crippen MR) is 137 cm³/mol. The third-order valence-electron chi connectivity index (χ3n) is 6.21. The fourth-order valence-electron chi connectivity index (χ4n) is 4.23. The van der Waals surface area contributed by atoms with Crippen LogP contribution in [0, 0.1) is 0 Å². The van der Waals surface area contributed by atoms with E-state index in [1.807, 2.05) is 6.07 Å². The summed E-state index contributed by atoms with van der Waals surface area (Å²) >= 11 is 1.55. The van der Waals surface area contributed by atoms with Crippen LogP contribution in [0.25, 0.3) is 5.65 Å². The van der Waals surface area contributed by atoms with Gasteiger partial charge in [-0.2, -0.15) is 0 Å². The number of nitrogen functional groups attached to an aromatic ring is 1. The molecule has 2 amide bonds. The SMILES string of the molecule is CN(C)[C@H]1CCc2nc(NC(=O)c3cccc(CNC(=O)c4cn5cc(N)ccc5n4)c3)sc2C1. The van der Waals surface area contributed by atoms with Gasteiger partial charge in [-0.15, -0.1) is 11.3 Å². The molecule has 0 saturated carbocycles. The van der Waals surface area contributed by atoms with Crippen LogP contribution in [0.1, 0.15) is 43.4 Å². The highest BCUT2D eigenvalue weighted by atomic mass is 32.1. The van der Waals surface area contributed by atoms with Crippen molar-refractivity contribution in [3.8, 4) is 0 Å². The zero-order chi connectivity index (χ0) is 24.5. The van der Waals surface area contributed by atoms with E-state index in [4.69, 9.17) is 5.73 Å². The van der Waals surface area contributed by atoms with Crippen LogP contribution in [0.5, 0.6) is 0 Å². The van der Waals surface area contributed by atoms with Crippen molar-refractivity contribution in [2.45, 2.75) is 31.8 Å². The van der Waals surface area contributed by atoms with Crippen molar-refractivity contribution in [3.05, 3.63) is 76.2 Å². The largest absolute Gasteiger partial charge is 0.398 e.